The third-order valence-corrected chi connectivity index (χ3v) is 3.09. The van der Waals surface area contributed by atoms with Crippen molar-refractivity contribution in [1.29, 1.82) is 0 Å². The molecule has 0 saturated carbocycles. The van der Waals surface area contributed by atoms with Gasteiger partial charge in [-0.05, 0) is 18.6 Å². The predicted octanol–water partition coefficient (Wildman–Crippen LogP) is 4.60. The summed E-state index contributed by atoms with van der Waals surface area (Å²) in [4.78, 5) is 4.43. The third-order valence-electron chi connectivity index (χ3n) is 2.41. The lowest BCUT2D eigenvalue weighted by Gasteiger charge is -2.04. The summed E-state index contributed by atoms with van der Waals surface area (Å²) < 4.78 is 0. The fraction of sp³-hybridized carbons (Fsp3) is 0.154. The van der Waals surface area contributed by atoms with Crippen molar-refractivity contribution in [2.75, 3.05) is 5.33 Å². The number of benzene rings is 1. The lowest BCUT2D eigenvalue weighted by Crippen LogP contribution is -1.87. The van der Waals surface area contributed by atoms with Crippen LogP contribution in [0.1, 0.15) is 11.1 Å². The molecule has 3 heteroatoms. The largest absolute Gasteiger partial charge is 0.235 e. The number of fused-ring (bicyclic) bond motifs is 1. The van der Waals surface area contributed by atoms with Crippen molar-refractivity contribution in [2.45, 2.75) is 6.92 Å². The van der Waals surface area contributed by atoms with E-state index in [9.17, 15) is 0 Å². The molecule has 82 valence electrons. The van der Waals surface area contributed by atoms with Gasteiger partial charge in [-0.25, -0.2) is 4.98 Å². The van der Waals surface area contributed by atoms with E-state index in [0.717, 1.165) is 27.4 Å². The molecular formula is C13H11BrClN. The molecule has 0 fully saturated rings. The lowest BCUT2D eigenvalue weighted by atomic mass is 10.1. The summed E-state index contributed by atoms with van der Waals surface area (Å²) in [7, 11) is 0. The topological polar surface area (TPSA) is 12.9 Å². The molecule has 2 rings (SSSR count). The molecule has 0 saturated heterocycles. The molecule has 1 aromatic carbocycles. The highest BCUT2D eigenvalue weighted by molar-refractivity contribution is 9.09. The number of pyridine rings is 1. The molecule has 1 nitrogen and oxygen atoms in total. The molecule has 0 atom stereocenters. The number of nitrogens with zero attached hydrogens (tertiary/aromatic N) is 1. The zero-order valence-corrected chi connectivity index (χ0v) is 11.2. The van der Waals surface area contributed by atoms with Crippen LogP contribution in [0.2, 0.25) is 5.15 Å². The van der Waals surface area contributed by atoms with Gasteiger partial charge in [0.2, 0.25) is 0 Å². The van der Waals surface area contributed by atoms with E-state index in [2.05, 4.69) is 33.0 Å². The molecule has 16 heavy (non-hydrogen) atoms. The second kappa shape index (κ2) is 4.98. The summed E-state index contributed by atoms with van der Waals surface area (Å²) in [6, 6.07) is 8.19. The van der Waals surface area contributed by atoms with Crippen LogP contribution >= 0.6 is 27.5 Å². The predicted molar refractivity (Wildman–Crippen MR) is 74.3 cm³/mol. The number of halogens is 2. The van der Waals surface area contributed by atoms with Crippen molar-refractivity contribution in [3.8, 4) is 0 Å². The van der Waals surface area contributed by atoms with Crippen LogP contribution in [0.25, 0.3) is 17.0 Å². The van der Waals surface area contributed by atoms with E-state index >= 15 is 0 Å². The first-order chi connectivity index (χ1) is 7.72. The van der Waals surface area contributed by atoms with E-state index in [4.69, 9.17) is 11.6 Å². The SMILES string of the molecule is Cc1cccc2cc(C=CCBr)c(Cl)nc12. The number of aryl methyl sites for hydroxylation is 1. The van der Waals surface area contributed by atoms with Gasteiger partial charge in [0.25, 0.3) is 0 Å². The zero-order chi connectivity index (χ0) is 11.5. The van der Waals surface area contributed by atoms with E-state index < -0.39 is 0 Å². The van der Waals surface area contributed by atoms with Gasteiger partial charge in [-0.1, -0.05) is 57.9 Å². The van der Waals surface area contributed by atoms with Gasteiger partial charge in [-0.15, -0.1) is 0 Å². The first kappa shape index (κ1) is 11.6. The molecule has 0 N–H and O–H groups in total. The Morgan fingerprint density at radius 3 is 3.00 bits per heavy atom. The highest BCUT2D eigenvalue weighted by atomic mass is 79.9. The van der Waals surface area contributed by atoms with Crippen LogP contribution in [-0.4, -0.2) is 10.3 Å². The molecule has 0 spiro atoms. The van der Waals surface area contributed by atoms with Crippen molar-refractivity contribution in [3.63, 3.8) is 0 Å². The van der Waals surface area contributed by atoms with Crippen molar-refractivity contribution in [2.24, 2.45) is 0 Å². The van der Waals surface area contributed by atoms with Crippen LogP contribution in [0.15, 0.2) is 30.3 Å². The molecule has 0 aliphatic carbocycles. The van der Waals surface area contributed by atoms with E-state index in [1.54, 1.807) is 0 Å². The maximum absolute atomic E-state index is 6.13. The zero-order valence-electron chi connectivity index (χ0n) is 8.87. The van der Waals surface area contributed by atoms with Gasteiger partial charge in [0.05, 0.1) is 5.52 Å². The highest BCUT2D eigenvalue weighted by Gasteiger charge is 2.03. The van der Waals surface area contributed by atoms with Crippen molar-refractivity contribution < 1.29 is 0 Å². The average molecular weight is 297 g/mol. The van der Waals surface area contributed by atoms with Crippen LogP contribution in [0.4, 0.5) is 0 Å². The second-order valence-corrected chi connectivity index (χ2v) is 4.58. The minimum Gasteiger partial charge on any atom is -0.235 e. The Bertz CT molecular complexity index is 549. The number of rotatable bonds is 2. The number of allylic oxidation sites excluding steroid dienone is 1. The van der Waals surface area contributed by atoms with Gasteiger partial charge < -0.3 is 0 Å². The summed E-state index contributed by atoms with van der Waals surface area (Å²) >= 11 is 9.48. The minimum atomic E-state index is 0.555. The molecular weight excluding hydrogens is 286 g/mol. The molecule has 0 amide bonds. The maximum Gasteiger partial charge on any atom is 0.136 e. The Morgan fingerprint density at radius 2 is 2.25 bits per heavy atom. The fourth-order valence-corrected chi connectivity index (χ4v) is 2.02. The van der Waals surface area contributed by atoms with Crippen molar-refractivity contribution >= 4 is 44.5 Å². The van der Waals surface area contributed by atoms with E-state index in [0.29, 0.717) is 5.15 Å². The van der Waals surface area contributed by atoms with E-state index in [1.807, 2.05) is 31.2 Å². The van der Waals surface area contributed by atoms with Crippen LogP contribution in [0, 0.1) is 6.92 Å². The summed E-state index contributed by atoms with van der Waals surface area (Å²) in [5, 5.41) is 2.49. The monoisotopic (exact) mass is 295 g/mol. The maximum atomic E-state index is 6.13. The summed E-state index contributed by atoms with van der Waals surface area (Å²) in [5.74, 6) is 0. The molecule has 0 unspecified atom stereocenters. The molecule has 1 heterocycles. The molecule has 0 aliphatic rings. The first-order valence-electron chi connectivity index (χ1n) is 5.01. The first-order valence-corrected chi connectivity index (χ1v) is 6.50. The van der Waals surface area contributed by atoms with E-state index in [-0.39, 0.29) is 0 Å². The van der Waals surface area contributed by atoms with Gasteiger partial charge in [0.15, 0.2) is 0 Å². The Hall–Kier alpha value is -0.860. The number of alkyl halides is 1. The quantitative estimate of drug-likeness (QED) is 0.583. The Balaban J connectivity index is 2.63. The number of hydrogen-bond acceptors (Lipinski definition) is 1. The Kier molecular flexibility index (Phi) is 3.62. The van der Waals surface area contributed by atoms with Gasteiger partial charge in [0.1, 0.15) is 5.15 Å². The molecule has 0 radical (unpaired) electrons. The van der Waals surface area contributed by atoms with Crippen LogP contribution < -0.4 is 0 Å². The molecule has 2 aromatic rings. The summed E-state index contributed by atoms with van der Waals surface area (Å²) in [5.41, 5.74) is 3.08. The standard InChI is InChI=1S/C13H11BrClN/c1-9-4-2-5-10-8-11(6-3-7-14)13(15)16-12(9)10/h2-6,8H,7H2,1H3. The molecule has 0 aliphatic heterocycles. The van der Waals surface area contributed by atoms with Crippen molar-refractivity contribution in [1.82, 2.24) is 4.98 Å². The number of aromatic nitrogens is 1. The minimum absolute atomic E-state index is 0.555. The van der Waals surface area contributed by atoms with Crippen molar-refractivity contribution in [3.05, 3.63) is 46.6 Å². The average Bonchev–Trinajstić information content (AvgIpc) is 2.28. The number of para-hydroxylation sites is 1. The third kappa shape index (κ3) is 2.28. The van der Waals surface area contributed by atoms with E-state index in [1.165, 1.54) is 0 Å². The highest BCUT2D eigenvalue weighted by Crippen LogP contribution is 2.23. The Labute approximate surface area is 108 Å². The van der Waals surface area contributed by atoms with Gasteiger partial charge in [-0.3, -0.25) is 0 Å². The molecule has 0 bridgehead atoms. The van der Waals surface area contributed by atoms with Crippen LogP contribution in [0.3, 0.4) is 0 Å². The fourth-order valence-electron chi connectivity index (χ4n) is 1.63. The number of hydrogen-bond donors (Lipinski definition) is 0. The normalized spacial score (nSPS) is 11.4. The van der Waals surface area contributed by atoms with Gasteiger partial charge >= 0.3 is 0 Å². The Morgan fingerprint density at radius 1 is 1.44 bits per heavy atom. The van der Waals surface area contributed by atoms with Crippen LogP contribution in [-0.2, 0) is 0 Å². The van der Waals surface area contributed by atoms with Gasteiger partial charge in [-0.2, -0.15) is 0 Å². The molecule has 1 aromatic heterocycles. The van der Waals surface area contributed by atoms with Crippen LogP contribution in [0.5, 0.6) is 0 Å². The summed E-state index contributed by atoms with van der Waals surface area (Å²) in [6.07, 6.45) is 3.98. The van der Waals surface area contributed by atoms with Gasteiger partial charge in [0, 0.05) is 16.3 Å². The lowest BCUT2D eigenvalue weighted by molar-refractivity contribution is 1.35. The second-order valence-electron chi connectivity index (χ2n) is 3.57. The summed E-state index contributed by atoms with van der Waals surface area (Å²) in [6.45, 7) is 2.04. The smallest absolute Gasteiger partial charge is 0.136 e.